The van der Waals surface area contributed by atoms with Gasteiger partial charge < -0.3 is 20.1 Å². The van der Waals surface area contributed by atoms with Crippen molar-refractivity contribution >= 4 is 33.8 Å². The Balaban J connectivity index is 2.69. The van der Waals surface area contributed by atoms with E-state index in [-0.39, 0.29) is 5.69 Å². The molecule has 1 aromatic heterocycles. The van der Waals surface area contributed by atoms with E-state index < -0.39 is 30.3 Å². The predicted octanol–water partition coefficient (Wildman–Crippen LogP) is 0.523. The lowest BCUT2D eigenvalue weighted by Gasteiger charge is -2.12. The third-order valence-corrected chi connectivity index (χ3v) is 2.55. The van der Waals surface area contributed by atoms with Crippen LogP contribution in [0, 0.1) is 0 Å². The molecule has 0 unspecified atom stereocenters. The molecule has 0 saturated carbocycles. The Kier molecular flexibility index (Phi) is 4.90. The van der Waals surface area contributed by atoms with E-state index in [0.717, 1.165) is 7.11 Å². The van der Waals surface area contributed by atoms with Gasteiger partial charge in [0, 0.05) is 10.7 Å². The first kappa shape index (κ1) is 14.2. The first-order chi connectivity index (χ1) is 8.43. The van der Waals surface area contributed by atoms with Gasteiger partial charge in [0.2, 0.25) is 0 Å². The maximum Gasteiger partial charge on any atom is 0.326 e. The summed E-state index contributed by atoms with van der Waals surface area (Å²) in [5.41, 5.74) is 0.193. The molecule has 0 bridgehead atoms. The van der Waals surface area contributed by atoms with Gasteiger partial charge >= 0.3 is 11.9 Å². The number of carbonyl (C=O) groups is 3. The second-order valence-corrected chi connectivity index (χ2v) is 4.29. The van der Waals surface area contributed by atoms with Crippen molar-refractivity contribution in [3.05, 3.63) is 22.4 Å². The molecule has 0 aromatic carbocycles. The number of aromatic amines is 1. The Morgan fingerprint density at radius 2 is 2.22 bits per heavy atom. The number of aromatic nitrogens is 1. The number of methoxy groups -OCH3 is 1. The maximum atomic E-state index is 11.7. The monoisotopic (exact) mass is 318 g/mol. The number of halogens is 1. The molecule has 0 aliphatic carbocycles. The molecule has 3 N–H and O–H groups in total. The molecule has 7 nitrogen and oxygen atoms in total. The van der Waals surface area contributed by atoms with Crippen LogP contribution in [0.4, 0.5) is 0 Å². The molecule has 1 heterocycles. The fraction of sp³-hybridized carbons (Fsp3) is 0.300. The highest BCUT2D eigenvalue weighted by molar-refractivity contribution is 9.10. The first-order valence-corrected chi connectivity index (χ1v) is 5.67. The maximum absolute atomic E-state index is 11.7. The lowest BCUT2D eigenvalue weighted by atomic mass is 10.2. The largest absolute Gasteiger partial charge is 0.480 e. The van der Waals surface area contributed by atoms with Crippen molar-refractivity contribution in [2.75, 3.05) is 7.11 Å². The minimum atomic E-state index is -1.33. The molecule has 1 amide bonds. The van der Waals surface area contributed by atoms with Gasteiger partial charge in [-0.15, -0.1) is 0 Å². The molecular weight excluding hydrogens is 308 g/mol. The van der Waals surface area contributed by atoms with Crippen molar-refractivity contribution in [3.63, 3.8) is 0 Å². The smallest absolute Gasteiger partial charge is 0.326 e. The molecule has 1 rings (SSSR count). The third kappa shape index (κ3) is 3.88. The average molecular weight is 319 g/mol. The second kappa shape index (κ2) is 6.20. The predicted molar refractivity (Wildman–Crippen MR) is 64.0 cm³/mol. The van der Waals surface area contributed by atoms with Crippen LogP contribution in [0.3, 0.4) is 0 Å². The Hall–Kier alpha value is -1.83. The number of esters is 1. The zero-order valence-corrected chi connectivity index (χ0v) is 11.0. The Labute approximate surface area is 111 Å². The average Bonchev–Trinajstić information content (AvgIpc) is 2.74. The van der Waals surface area contributed by atoms with Gasteiger partial charge in [0.05, 0.1) is 13.5 Å². The summed E-state index contributed by atoms with van der Waals surface area (Å²) in [4.78, 5) is 36.2. The molecule has 98 valence electrons. The fourth-order valence-corrected chi connectivity index (χ4v) is 1.53. The summed E-state index contributed by atoms with van der Waals surface area (Å²) in [6.07, 6.45) is 1.10. The van der Waals surface area contributed by atoms with Crippen LogP contribution in [0.1, 0.15) is 16.9 Å². The van der Waals surface area contributed by atoms with Crippen LogP contribution in [0.15, 0.2) is 16.7 Å². The van der Waals surface area contributed by atoms with E-state index in [1.165, 1.54) is 12.3 Å². The molecule has 0 radical (unpaired) electrons. The van der Waals surface area contributed by atoms with Crippen molar-refractivity contribution < 1.29 is 24.2 Å². The van der Waals surface area contributed by atoms with Crippen molar-refractivity contribution in [1.82, 2.24) is 10.3 Å². The SMILES string of the molecule is COC(=O)C[C@H](NC(=O)c1cc(Br)c[nH]1)C(=O)O. The highest BCUT2D eigenvalue weighted by atomic mass is 79.9. The van der Waals surface area contributed by atoms with E-state index in [4.69, 9.17) is 5.11 Å². The van der Waals surface area contributed by atoms with E-state index in [1.807, 2.05) is 0 Å². The van der Waals surface area contributed by atoms with Gasteiger partial charge in [0.15, 0.2) is 0 Å². The van der Waals surface area contributed by atoms with Crippen LogP contribution in [0.5, 0.6) is 0 Å². The number of carbonyl (C=O) groups excluding carboxylic acids is 2. The zero-order chi connectivity index (χ0) is 13.7. The van der Waals surface area contributed by atoms with Crippen LogP contribution in [0.2, 0.25) is 0 Å². The number of hydrogen-bond donors (Lipinski definition) is 3. The molecule has 0 fully saturated rings. The zero-order valence-electron chi connectivity index (χ0n) is 9.40. The van der Waals surface area contributed by atoms with E-state index >= 15 is 0 Å². The van der Waals surface area contributed by atoms with Gasteiger partial charge in [0.25, 0.3) is 5.91 Å². The minimum absolute atomic E-state index is 0.193. The lowest BCUT2D eigenvalue weighted by molar-refractivity contribution is -0.147. The van der Waals surface area contributed by atoms with Crippen LogP contribution >= 0.6 is 15.9 Å². The number of carboxylic acid groups (broad SMARTS) is 1. The molecular formula is C10H11BrN2O5. The summed E-state index contributed by atoms with van der Waals surface area (Å²) in [6.45, 7) is 0. The lowest BCUT2D eigenvalue weighted by Crippen LogP contribution is -2.42. The number of amides is 1. The number of ether oxygens (including phenoxy) is 1. The van der Waals surface area contributed by atoms with Gasteiger partial charge in [-0.25, -0.2) is 4.79 Å². The summed E-state index contributed by atoms with van der Waals surface area (Å²) >= 11 is 3.15. The molecule has 1 atom stereocenters. The summed E-state index contributed by atoms with van der Waals surface area (Å²) in [5, 5.41) is 11.1. The number of hydrogen-bond acceptors (Lipinski definition) is 4. The second-order valence-electron chi connectivity index (χ2n) is 3.38. The molecule has 1 aromatic rings. The normalized spacial score (nSPS) is 11.7. The van der Waals surface area contributed by atoms with E-state index in [2.05, 4.69) is 31.0 Å². The van der Waals surface area contributed by atoms with Gasteiger partial charge in [-0.05, 0) is 22.0 Å². The summed E-state index contributed by atoms with van der Waals surface area (Å²) in [5.74, 6) is -2.63. The number of aliphatic carboxylic acids is 1. The quantitative estimate of drug-likeness (QED) is 0.686. The number of carboxylic acids is 1. The summed E-state index contributed by atoms with van der Waals surface area (Å²) in [6, 6.07) is 0.166. The molecule has 0 saturated heterocycles. The van der Waals surface area contributed by atoms with Crippen LogP contribution in [-0.4, -0.2) is 41.1 Å². The fourth-order valence-electron chi connectivity index (χ4n) is 1.19. The van der Waals surface area contributed by atoms with Crippen molar-refractivity contribution in [2.24, 2.45) is 0 Å². The molecule has 8 heteroatoms. The number of rotatable bonds is 5. The van der Waals surface area contributed by atoms with E-state index in [0.29, 0.717) is 4.47 Å². The summed E-state index contributed by atoms with van der Waals surface area (Å²) in [7, 11) is 1.14. The van der Waals surface area contributed by atoms with Gasteiger partial charge in [0.1, 0.15) is 11.7 Å². The van der Waals surface area contributed by atoms with Gasteiger partial charge in [-0.3, -0.25) is 9.59 Å². The Morgan fingerprint density at radius 3 is 2.67 bits per heavy atom. The first-order valence-electron chi connectivity index (χ1n) is 4.88. The molecule has 0 spiro atoms. The highest BCUT2D eigenvalue weighted by Crippen LogP contribution is 2.10. The topological polar surface area (TPSA) is 108 Å². The van der Waals surface area contributed by atoms with Crippen LogP contribution in [0.25, 0.3) is 0 Å². The number of nitrogens with one attached hydrogen (secondary N) is 2. The van der Waals surface area contributed by atoms with Gasteiger partial charge in [-0.2, -0.15) is 0 Å². The summed E-state index contributed by atoms with van der Waals surface area (Å²) < 4.78 is 5.01. The Bertz CT molecular complexity index is 471. The van der Waals surface area contributed by atoms with Crippen LogP contribution < -0.4 is 5.32 Å². The minimum Gasteiger partial charge on any atom is -0.480 e. The van der Waals surface area contributed by atoms with E-state index in [9.17, 15) is 14.4 Å². The molecule has 0 aliphatic rings. The Morgan fingerprint density at radius 1 is 1.56 bits per heavy atom. The van der Waals surface area contributed by atoms with Crippen molar-refractivity contribution in [2.45, 2.75) is 12.5 Å². The third-order valence-electron chi connectivity index (χ3n) is 2.09. The standard InChI is InChI=1S/C10H11BrN2O5/c1-18-8(14)3-7(10(16)17)13-9(15)6-2-5(11)4-12-6/h2,4,7,12H,3H2,1H3,(H,13,15)(H,16,17)/t7-/m0/s1. The van der Waals surface area contributed by atoms with Crippen molar-refractivity contribution in [3.8, 4) is 0 Å². The molecule has 0 aliphatic heterocycles. The van der Waals surface area contributed by atoms with Crippen LogP contribution in [-0.2, 0) is 14.3 Å². The molecule has 18 heavy (non-hydrogen) atoms. The number of H-pyrrole nitrogens is 1. The van der Waals surface area contributed by atoms with E-state index in [1.54, 1.807) is 0 Å². The highest BCUT2D eigenvalue weighted by Gasteiger charge is 2.24. The van der Waals surface area contributed by atoms with Crippen molar-refractivity contribution in [1.29, 1.82) is 0 Å². The van der Waals surface area contributed by atoms with Gasteiger partial charge in [-0.1, -0.05) is 0 Å².